The van der Waals surface area contributed by atoms with Crippen molar-refractivity contribution in [3.05, 3.63) is 30.1 Å². The SMILES string of the molecule is CC1(C)CCCN1C(=O)Nc1cccc(-c2nnc3n2CCC3)c1. The van der Waals surface area contributed by atoms with Crippen LogP contribution in [-0.4, -0.2) is 37.8 Å². The normalized spacial score (nSPS) is 18.7. The molecule has 3 heterocycles. The van der Waals surface area contributed by atoms with E-state index in [0.29, 0.717) is 0 Å². The zero-order valence-corrected chi connectivity index (χ0v) is 14.2. The largest absolute Gasteiger partial charge is 0.322 e. The molecule has 2 amide bonds. The van der Waals surface area contributed by atoms with Crippen LogP contribution in [0.2, 0.25) is 0 Å². The first-order valence-electron chi connectivity index (χ1n) is 8.66. The number of anilines is 1. The molecule has 0 saturated carbocycles. The van der Waals surface area contributed by atoms with E-state index in [0.717, 1.165) is 61.7 Å². The number of nitrogens with zero attached hydrogens (tertiary/aromatic N) is 4. The Balaban J connectivity index is 1.56. The minimum atomic E-state index is -0.0739. The molecule has 0 unspecified atom stereocenters. The standard InChI is InChI=1S/C18H23N5O/c1-18(2)9-5-11-23(18)17(24)19-14-7-3-6-13(12-14)16-21-20-15-8-4-10-22(15)16/h3,6-7,12H,4-5,8-11H2,1-2H3,(H,19,24). The van der Waals surface area contributed by atoms with Gasteiger partial charge in [-0.05, 0) is 45.2 Å². The van der Waals surface area contributed by atoms with E-state index in [9.17, 15) is 4.79 Å². The molecule has 1 fully saturated rings. The van der Waals surface area contributed by atoms with Gasteiger partial charge in [0.25, 0.3) is 0 Å². The molecule has 6 nitrogen and oxygen atoms in total. The number of aryl methyl sites for hydroxylation is 1. The number of carbonyl (C=O) groups is 1. The van der Waals surface area contributed by atoms with Crippen molar-refractivity contribution >= 4 is 11.7 Å². The maximum Gasteiger partial charge on any atom is 0.322 e. The Labute approximate surface area is 141 Å². The summed E-state index contributed by atoms with van der Waals surface area (Å²) < 4.78 is 2.17. The molecule has 1 aromatic heterocycles. The molecule has 1 aromatic carbocycles. The van der Waals surface area contributed by atoms with E-state index in [1.165, 1.54) is 0 Å². The Kier molecular flexibility index (Phi) is 3.55. The highest BCUT2D eigenvalue weighted by atomic mass is 16.2. The number of benzene rings is 1. The Bertz CT molecular complexity index is 779. The van der Waals surface area contributed by atoms with Crippen LogP contribution in [0.25, 0.3) is 11.4 Å². The molecule has 2 aliphatic heterocycles. The number of carbonyl (C=O) groups excluding carboxylic acids is 1. The van der Waals surface area contributed by atoms with E-state index in [2.05, 4.69) is 33.9 Å². The second-order valence-electron chi connectivity index (χ2n) is 7.27. The van der Waals surface area contributed by atoms with Crippen molar-refractivity contribution in [2.45, 2.75) is 51.6 Å². The molecule has 2 aromatic rings. The van der Waals surface area contributed by atoms with Crippen LogP contribution in [0.1, 0.15) is 38.9 Å². The van der Waals surface area contributed by atoms with Gasteiger partial charge in [0, 0.05) is 36.3 Å². The van der Waals surface area contributed by atoms with Gasteiger partial charge in [-0.2, -0.15) is 0 Å². The van der Waals surface area contributed by atoms with Crippen LogP contribution in [0.5, 0.6) is 0 Å². The topological polar surface area (TPSA) is 63.1 Å². The lowest BCUT2D eigenvalue weighted by Gasteiger charge is -2.31. The summed E-state index contributed by atoms with van der Waals surface area (Å²) in [5.41, 5.74) is 1.72. The Morgan fingerprint density at radius 1 is 1.21 bits per heavy atom. The number of hydrogen-bond donors (Lipinski definition) is 1. The lowest BCUT2D eigenvalue weighted by atomic mass is 10.0. The summed E-state index contributed by atoms with van der Waals surface area (Å²) in [5, 5.41) is 11.6. The molecular weight excluding hydrogens is 302 g/mol. The molecule has 1 saturated heterocycles. The zero-order chi connectivity index (χ0) is 16.7. The minimum absolute atomic E-state index is 0.0267. The summed E-state index contributed by atoms with van der Waals surface area (Å²) in [6, 6.07) is 7.85. The van der Waals surface area contributed by atoms with Crippen molar-refractivity contribution in [3.63, 3.8) is 0 Å². The van der Waals surface area contributed by atoms with Crippen molar-refractivity contribution in [2.24, 2.45) is 0 Å². The number of aromatic nitrogens is 3. The van der Waals surface area contributed by atoms with Crippen molar-refractivity contribution in [1.82, 2.24) is 19.7 Å². The van der Waals surface area contributed by atoms with E-state index >= 15 is 0 Å². The molecular formula is C18H23N5O. The predicted octanol–water partition coefficient (Wildman–Crippen LogP) is 3.30. The lowest BCUT2D eigenvalue weighted by molar-refractivity contribution is 0.178. The van der Waals surface area contributed by atoms with Gasteiger partial charge in [0.1, 0.15) is 5.82 Å². The molecule has 126 valence electrons. The molecule has 0 bridgehead atoms. The third-order valence-electron chi connectivity index (χ3n) is 5.13. The number of urea groups is 1. The summed E-state index contributed by atoms with van der Waals surface area (Å²) in [4.78, 5) is 14.5. The fourth-order valence-corrected chi connectivity index (χ4v) is 3.77. The van der Waals surface area contributed by atoms with Gasteiger partial charge in [-0.25, -0.2) is 4.79 Å². The van der Waals surface area contributed by atoms with Crippen molar-refractivity contribution in [1.29, 1.82) is 0 Å². The summed E-state index contributed by atoms with van der Waals surface area (Å²) in [6.45, 7) is 6.03. The van der Waals surface area contributed by atoms with Gasteiger partial charge >= 0.3 is 6.03 Å². The monoisotopic (exact) mass is 325 g/mol. The van der Waals surface area contributed by atoms with E-state index < -0.39 is 0 Å². The summed E-state index contributed by atoms with van der Waals surface area (Å²) >= 11 is 0. The molecule has 4 rings (SSSR count). The second kappa shape index (κ2) is 5.61. The first kappa shape index (κ1) is 15.2. The third-order valence-corrected chi connectivity index (χ3v) is 5.13. The summed E-state index contributed by atoms with van der Waals surface area (Å²) in [7, 11) is 0. The first-order chi connectivity index (χ1) is 11.5. The molecule has 0 radical (unpaired) electrons. The smallest absolute Gasteiger partial charge is 0.319 e. The zero-order valence-electron chi connectivity index (χ0n) is 14.2. The first-order valence-corrected chi connectivity index (χ1v) is 8.66. The quantitative estimate of drug-likeness (QED) is 0.921. The number of amides is 2. The lowest BCUT2D eigenvalue weighted by Crippen LogP contribution is -2.44. The van der Waals surface area contributed by atoms with E-state index in [1.807, 2.05) is 29.2 Å². The Hall–Kier alpha value is -2.37. The van der Waals surface area contributed by atoms with Gasteiger partial charge in [-0.15, -0.1) is 10.2 Å². The number of fused-ring (bicyclic) bond motifs is 1. The number of likely N-dealkylation sites (tertiary alicyclic amines) is 1. The van der Waals surface area contributed by atoms with Gasteiger partial charge in [0.2, 0.25) is 0 Å². The van der Waals surface area contributed by atoms with Gasteiger partial charge in [-0.3, -0.25) is 0 Å². The Morgan fingerprint density at radius 3 is 2.88 bits per heavy atom. The average Bonchev–Trinajstić information content (AvgIpc) is 3.21. The van der Waals surface area contributed by atoms with Crippen LogP contribution < -0.4 is 5.32 Å². The maximum absolute atomic E-state index is 12.6. The predicted molar refractivity (Wildman–Crippen MR) is 92.8 cm³/mol. The molecule has 6 heteroatoms. The highest BCUT2D eigenvalue weighted by Crippen LogP contribution is 2.30. The van der Waals surface area contributed by atoms with E-state index in [1.54, 1.807) is 0 Å². The third kappa shape index (κ3) is 2.56. The number of hydrogen-bond acceptors (Lipinski definition) is 3. The van der Waals surface area contributed by atoms with Crippen molar-refractivity contribution in [3.8, 4) is 11.4 Å². The van der Waals surface area contributed by atoms with Gasteiger partial charge in [-0.1, -0.05) is 12.1 Å². The fourth-order valence-electron chi connectivity index (χ4n) is 3.77. The van der Waals surface area contributed by atoms with Crippen molar-refractivity contribution in [2.75, 3.05) is 11.9 Å². The van der Waals surface area contributed by atoms with Gasteiger partial charge in [0.15, 0.2) is 5.82 Å². The van der Waals surface area contributed by atoms with Crippen LogP contribution in [0.15, 0.2) is 24.3 Å². The molecule has 2 aliphatic rings. The van der Waals surface area contributed by atoms with Crippen molar-refractivity contribution < 1.29 is 4.79 Å². The van der Waals surface area contributed by atoms with Gasteiger partial charge < -0.3 is 14.8 Å². The molecule has 24 heavy (non-hydrogen) atoms. The fraction of sp³-hybridized carbons (Fsp3) is 0.500. The molecule has 0 spiro atoms. The van der Waals surface area contributed by atoms with E-state index in [4.69, 9.17) is 0 Å². The Morgan fingerprint density at radius 2 is 2.08 bits per heavy atom. The molecule has 0 aliphatic carbocycles. The van der Waals surface area contributed by atoms with Crippen LogP contribution in [-0.2, 0) is 13.0 Å². The molecule has 1 N–H and O–H groups in total. The summed E-state index contributed by atoms with van der Waals surface area (Å²) in [6.07, 6.45) is 4.23. The maximum atomic E-state index is 12.6. The van der Waals surface area contributed by atoms with E-state index in [-0.39, 0.29) is 11.6 Å². The minimum Gasteiger partial charge on any atom is -0.319 e. The van der Waals surface area contributed by atoms with Crippen LogP contribution in [0.3, 0.4) is 0 Å². The summed E-state index contributed by atoms with van der Waals surface area (Å²) in [5.74, 6) is 1.94. The highest BCUT2D eigenvalue weighted by molar-refractivity contribution is 5.90. The van der Waals surface area contributed by atoms with Crippen LogP contribution in [0, 0.1) is 0 Å². The van der Waals surface area contributed by atoms with Gasteiger partial charge in [0.05, 0.1) is 0 Å². The number of nitrogens with one attached hydrogen (secondary N) is 1. The number of rotatable bonds is 2. The highest BCUT2D eigenvalue weighted by Gasteiger charge is 2.35. The van der Waals surface area contributed by atoms with Crippen LogP contribution in [0.4, 0.5) is 10.5 Å². The average molecular weight is 325 g/mol. The van der Waals surface area contributed by atoms with Crippen LogP contribution >= 0.6 is 0 Å². The second-order valence-corrected chi connectivity index (χ2v) is 7.27. The molecule has 0 atom stereocenters.